The van der Waals surface area contributed by atoms with Crippen LogP contribution in [0.2, 0.25) is 0 Å². The summed E-state index contributed by atoms with van der Waals surface area (Å²) in [4.78, 5) is 10.8. The SMILES string of the molecule is CC(Nc1cc(Br)ccc1C(F)(F)F)C(N)=O. The highest BCUT2D eigenvalue weighted by Crippen LogP contribution is 2.36. The summed E-state index contributed by atoms with van der Waals surface area (Å²) in [6.07, 6.45) is -4.49. The Morgan fingerprint density at radius 3 is 2.53 bits per heavy atom. The molecule has 1 aromatic rings. The lowest BCUT2D eigenvalue weighted by Gasteiger charge is -2.17. The number of alkyl halides is 3. The van der Waals surface area contributed by atoms with E-state index in [1.165, 1.54) is 19.1 Å². The van der Waals surface area contributed by atoms with Crippen LogP contribution in [-0.4, -0.2) is 11.9 Å². The van der Waals surface area contributed by atoms with E-state index in [2.05, 4.69) is 21.2 Å². The van der Waals surface area contributed by atoms with E-state index in [-0.39, 0.29) is 5.69 Å². The molecule has 3 N–H and O–H groups in total. The lowest BCUT2D eigenvalue weighted by molar-refractivity contribution is -0.137. The average molecular weight is 311 g/mol. The highest BCUT2D eigenvalue weighted by atomic mass is 79.9. The number of rotatable bonds is 3. The van der Waals surface area contributed by atoms with Crippen LogP contribution in [0.1, 0.15) is 12.5 Å². The van der Waals surface area contributed by atoms with Gasteiger partial charge >= 0.3 is 6.18 Å². The number of nitrogens with one attached hydrogen (secondary N) is 1. The van der Waals surface area contributed by atoms with Gasteiger partial charge in [0.2, 0.25) is 5.91 Å². The number of hydrogen-bond acceptors (Lipinski definition) is 2. The minimum atomic E-state index is -4.49. The van der Waals surface area contributed by atoms with Gasteiger partial charge in [-0.3, -0.25) is 4.79 Å². The van der Waals surface area contributed by atoms with Gasteiger partial charge in [-0.05, 0) is 25.1 Å². The van der Waals surface area contributed by atoms with Gasteiger partial charge in [-0.15, -0.1) is 0 Å². The number of carbonyl (C=O) groups excluding carboxylic acids is 1. The summed E-state index contributed by atoms with van der Waals surface area (Å²) in [6, 6.07) is 2.58. The molecular weight excluding hydrogens is 301 g/mol. The molecule has 0 saturated heterocycles. The Kier molecular flexibility index (Phi) is 4.03. The molecule has 0 saturated carbocycles. The van der Waals surface area contributed by atoms with Gasteiger partial charge in [0.1, 0.15) is 6.04 Å². The molecule has 1 unspecified atom stereocenters. The van der Waals surface area contributed by atoms with Gasteiger partial charge in [-0.2, -0.15) is 13.2 Å². The number of anilines is 1. The van der Waals surface area contributed by atoms with Crippen molar-refractivity contribution >= 4 is 27.5 Å². The number of amides is 1. The van der Waals surface area contributed by atoms with Crippen molar-refractivity contribution in [1.82, 2.24) is 0 Å². The molecule has 0 radical (unpaired) electrons. The van der Waals surface area contributed by atoms with Crippen molar-refractivity contribution in [3.8, 4) is 0 Å². The number of primary amides is 1. The van der Waals surface area contributed by atoms with E-state index in [9.17, 15) is 18.0 Å². The first-order valence-electron chi connectivity index (χ1n) is 4.64. The van der Waals surface area contributed by atoms with Gasteiger partial charge in [0.25, 0.3) is 0 Å². The zero-order chi connectivity index (χ0) is 13.2. The summed E-state index contributed by atoms with van der Waals surface area (Å²) in [7, 11) is 0. The van der Waals surface area contributed by atoms with Crippen LogP contribution in [0.25, 0.3) is 0 Å². The third kappa shape index (κ3) is 3.62. The van der Waals surface area contributed by atoms with Crippen molar-refractivity contribution in [2.45, 2.75) is 19.1 Å². The van der Waals surface area contributed by atoms with E-state index < -0.39 is 23.7 Å². The summed E-state index contributed by atoms with van der Waals surface area (Å²) in [6.45, 7) is 1.39. The van der Waals surface area contributed by atoms with Crippen molar-refractivity contribution in [3.05, 3.63) is 28.2 Å². The second-order valence-corrected chi connectivity index (χ2v) is 4.37. The monoisotopic (exact) mass is 310 g/mol. The molecule has 1 aromatic carbocycles. The second-order valence-electron chi connectivity index (χ2n) is 3.46. The number of halogens is 4. The van der Waals surface area contributed by atoms with Crippen LogP contribution < -0.4 is 11.1 Å². The molecule has 0 heterocycles. The summed E-state index contributed by atoms with van der Waals surface area (Å²) < 4.78 is 38.5. The van der Waals surface area contributed by atoms with Crippen LogP contribution in [0.3, 0.4) is 0 Å². The Labute approximate surface area is 104 Å². The maximum Gasteiger partial charge on any atom is 0.418 e. The molecule has 3 nitrogen and oxygen atoms in total. The zero-order valence-electron chi connectivity index (χ0n) is 8.81. The van der Waals surface area contributed by atoms with Crippen molar-refractivity contribution in [2.24, 2.45) is 5.73 Å². The molecular formula is C10H10BrF3N2O. The van der Waals surface area contributed by atoms with E-state index >= 15 is 0 Å². The largest absolute Gasteiger partial charge is 0.418 e. The van der Waals surface area contributed by atoms with Crippen molar-refractivity contribution in [2.75, 3.05) is 5.32 Å². The Morgan fingerprint density at radius 1 is 1.47 bits per heavy atom. The molecule has 1 atom stereocenters. The van der Waals surface area contributed by atoms with E-state index in [0.717, 1.165) is 6.07 Å². The van der Waals surface area contributed by atoms with Crippen molar-refractivity contribution in [3.63, 3.8) is 0 Å². The maximum atomic E-state index is 12.7. The van der Waals surface area contributed by atoms with E-state index in [4.69, 9.17) is 5.73 Å². The van der Waals surface area contributed by atoms with E-state index in [1.807, 2.05) is 0 Å². The van der Waals surface area contributed by atoms with Crippen molar-refractivity contribution < 1.29 is 18.0 Å². The van der Waals surface area contributed by atoms with Crippen LogP contribution in [0.5, 0.6) is 0 Å². The fourth-order valence-corrected chi connectivity index (χ4v) is 1.55. The molecule has 0 aliphatic rings. The molecule has 0 spiro atoms. The fourth-order valence-electron chi connectivity index (χ4n) is 1.19. The quantitative estimate of drug-likeness (QED) is 0.902. The first-order chi connectivity index (χ1) is 7.71. The summed E-state index contributed by atoms with van der Waals surface area (Å²) in [5.41, 5.74) is 3.97. The standard InChI is InChI=1S/C10H10BrF3N2O/c1-5(9(15)17)16-8-4-6(11)2-3-7(8)10(12,13)14/h2-5,16H,1H3,(H2,15,17). The molecule has 0 aromatic heterocycles. The number of hydrogen-bond donors (Lipinski definition) is 2. The Balaban J connectivity index is 3.12. The minimum absolute atomic E-state index is 0.182. The van der Waals surface area contributed by atoms with Gasteiger partial charge in [-0.1, -0.05) is 15.9 Å². The summed E-state index contributed by atoms with van der Waals surface area (Å²) in [5.74, 6) is -0.724. The number of benzene rings is 1. The Morgan fingerprint density at radius 2 is 2.06 bits per heavy atom. The molecule has 0 aliphatic carbocycles. The average Bonchev–Trinajstić information content (AvgIpc) is 2.15. The van der Waals surface area contributed by atoms with Gasteiger partial charge in [-0.25, -0.2) is 0 Å². The van der Waals surface area contributed by atoms with Crippen LogP contribution >= 0.6 is 15.9 Å². The molecule has 1 amide bonds. The first-order valence-corrected chi connectivity index (χ1v) is 5.43. The molecule has 0 fully saturated rings. The predicted octanol–water partition coefficient (Wildman–Crippen LogP) is 2.75. The van der Waals surface area contributed by atoms with Crippen LogP contribution in [0.15, 0.2) is 22.7 Å². The molecule has 1 rings (SSSR count). The van der Waals surface area contributed by atoms with Gasteiger partial charge < -0.3 is 11.1 Å². The third-order valence-corrected chi connectivity index (χ3v) is 2.58. The molecule has 0 bridgehead atoms. The van der Waals surface area contributed by atoms with Crippen LogP contribution in [0.4, 0.5) is 18.9 Å². The third-order valence-electron chi connectivity index (χ3n) is 2.09. The highest BCUT2D eigenvalue weighted by Gasteiger charge is 2.34. The lowest BCUT2D eigenvalue weighted by atomic mass is 10.1. The van der Waals surface area contributed by atoms with Gasteiger partial charge in [0, 0.05) is 10.2 Å². The van der Waals surface area contributed by atoms with Crippen LogP contribution in [-0.2, 0) is 11.0 Å². The molecule has 0 aliphatic heterocycles. The molecule has 17 heavy (non-hydrogen) atoms. The van der Waals surface area contributed by atoms with Crippen molar-refractivity contribution in [1.29, 1.82) is 0 Å². The zero-order valence-corrected chi connectivity index (χ0v) is 10.4. The Bertz CT molecular complexity index is 434. The fraction of sp³-hybridized carbons (Fsp3) is 0.300. The van der Waals surface area contributed by atoms with E-state index in [1.54, 1.807) is 0 Å². The predicted molar refractivity (Wildman–Crippen MR) is 61.4 cm³/mol. The van der Waals surface area contributed by atoms with Gasteiger partial charge in [0.15, 0.2) is 0 Å². The van der Waals surface area contributed by atoms with Crippen LogP contribution in [0, 0.1) is 0 Å². The van der Waals surface area contributed by atoms with E-state index in [0.29, 0.717) is 4.47 Å². The topological polar surface area (TPSA) is 55.1 Å². The molecule has 7 heteroatoms. The Hall–Kier alpha value is -1.24. The number of carbonyl (C=O) groups is 1. The second kappa shape index (κ2) is 4.95. The first kappa shape index (κ1) is 13.8. The summed E-state index contributed by atoms with van der Waals surface area (Å²) in [5, 5.41) is 2.43. The lowest BCUT2D eigenvalue weighted by Crippen LogP contribution is -2.33. The van der Waals surface area contributed by atoms with Gasteiger partial charge in [0.05, 0.1) is 5.56 Å². The minimum Gasteiger partial charge on any atom is -0.373 e. The number of nitrogens with two attached hydrogens (primary N) is 1. The summed E-state index contributed by atoms with van der Waals surface area (Å²) >= 11 is 3.07. The smallest absolute Gasteiger partial charge is 0.373 e. The molecule has 94 valence electrons. The maximum absolute atomic E-state index is 12.7. The normalized spacial score (nSPS) is 13.2. The highest BCUT2D eigenvalue weighted by molar-refractivity contribution is 9.10.